The molecular formula is C12H18N2O4S2. The molecule has 2 rings (SSSR count). The van der Waals surface area contributed by atoms with Crippen molar-refractivity contribution < 1.29 is 18.3 Å². The zero-order valence-corrected chi connectivity index (χ0v) is 13.3. The third-order valence-electron chi connectivity index (χ3n) is 3.72. The second kappa shape index (κ2) is 5.00. The van der Waals surface area contributed by atoms with Gasteiger partial charge in [0.2, 0.25) is 0 Å². The Morgan fingerprint density at radius 1 is 1.55 bits per heavy atom. The number of hydrogen-bond donors (Lipinski definition) is 1. The summed E-state index contributed by atoms with van der Waals surface area (Å²) in [5.74, 6) is -0.581. The molecule has 1 atom stereocenters. The Hall–Kier alpha value is -1.15. The Morgan fingerprint density at radius 3 is 2.70 bits per heavy atom. The van der Waals surface area contributed by atoms with Crippen LogP contribution >= 0.6 is 11.3 Å². The van der Waals surface area contributed by atoms with Crippen LogP contribution in [0, 0.1) is 0 Å². The van der Waals surface area contributed by atoms with Crippen LogP contribution in [-0.4, -0.2) is 49.1 Å². The number of sulfone groups is 1. The van der Waals surface area contributed by atoms with Crippen LogP contribution in [0.15, 0.2) is 5.38 Å². The van der Waals surface area contributed by atoms with Gasteiger partial charge in [0.25, 0.3) is 0 Å². The van der Waals surface area contributed by atoms with E-state index in [1.54, 1.807) is 19.2 Å². The van der Waals surface area contributed by atoms with Crippen molar-refractivity contribution in [3.8, 4) is 0 Å². The third-order valence-corrected chi connectivity index (χ3v) is 6.41. The van der Waals surface area contributed by atoms with Crippen molar-refractivity contribution in [2.45, 2.75) is 31.7 Å². The molecule has 1 aliphatic rings. The fourth-order valence-corrected chi connectivity index (χ4v) is 4.87. The molecule has 1 unspecified atom stereocenters. The molecule has 0 bridgehead atoms. The molecule has 0 radical (unpaired) electrons. The maximum atomic E-state index is 11.5. The van der Waals surface area contributed by atoms with Crippen LogP contribution in [0.2, 0.25) is 0 Å². The van der Waals surface area contributed by atoms with E-state index in [9.17, 15) is 18.3 Å². The van der Waals surface area contributed by atoms with E-state index in [0.717, 1.165) is 0 Å². The summed E-state index contributed by atoms with van der Waals surface area (Å²) in [6.45, 7) is 3.21. The second-order valence-corrected chi connectivity index (χ2v) is 8.68. The first-order valence-electron chi connectivity index (χ1n) is 6.26. The lowest BCUT2D eigenvalue weighted by atomic mass is 9.90. The van der Waals surface area contributed by atoms with E-state index in [0.29, 0.717) is 17.2 Å². The van der Waals surface area contributed by atoms with Crippen LogP contribution in [0.4, 0.5) is 5.13 Å². The quantitative estimate of drug-likeness (QED) is 0.895. The van der Waals surface area contributed by atoms with Gasteiger partial charge in [0.05, 0.1) is 17.2 Å². The summed E-state index contributed by atoms with van der Waals surface area (Å²) in [5, 5.41) is 11.6. The van der Waals surface area contributed by atoms with Gasteiger partial charge in [-0.1, -0.05) is 0 Å². The van der Waals surface area contributed by atoms with Crippen molar-refractivity contribution in [3.63, 3.8) is 0 Å². The highest BCUT2D eigenvalue weighted by molar-refractivity contribution is 7.91. The summed E-state index contributed by atoms with van der Waals surface area (Å²) < 4.78 is 23.0. The van der Waals surface area contributed by atoms with Gasteiger partial charge in [0.15, 0.2) is 15.0 Å². The van der Waals surface area contributed by atoms with Crippen LogP contribution in [0.1, 0.15) is 26.0 Å². The average Bonchev–Trinajstić information content (AvgIpc) is 2.94. The minimum Gasteiger partial charge on any atom is -0.481 e. The molecule has 2 heterocycles. The maximum absolute atomic E-state index is 11.5. The molecule has 20 heavy (non-hydrogen) atoms. The highest BCUT2D eigenvalue weighted by atomic mass is 32.2. The molecular weight excluding hydrogens is 300 g/mol. The summed E-state index contributed by atoms with van der Waals surface area (Å²) in [5.41, 5.74) is -0.546. The maximum Gasteiger partial charge on any atom is 0.315 e. The first kappa shape index (κ1) is 15.2. The number of carboxylic acids is 1. The Bertz CT molecular complexity index is 621. The number of anilines is 1. The van der Waals surface area contributed by atoms with Gasteiger partial charge in [-0.15, -0.1) is 11.3 Å². The molecule has 1 aromatic heterocycles. The van der Waals surface area contributed by atoms with E-state index < -0.39 is 21.2 Å². The minimum atomic E-state index is -2.94. The molecule has 0 amide bonds. The monoisotopic (exact) mass is 318 g/mol. The van der Waals surface area contributed by atoms with Gasteiger partial charge < -0.3 is 10.0 Å². The lowest BCUT2D eigenvalue weighted by Crippen LogP contribution is -2.33. The highest BCUT2D eigenvalue weighted by Crippen LogP contribution is 2.31. The van der Waals surface area contributed by atoms with E-state index in [2.05, 4.69) is 4.98 Å². The predicted molar refractivity (Wildman–Crippen MR) is 78.2 cm³/mol. The zero-order chi connectivity index (χ0) is 15.1. The van der Waals surface area contributed by atoms with Crippen LogP contribution in [0.25, 0.3) is 0 Å². The van der Waals surface area contributed by atoms with E-state index >= 15 is 0 Å². The largest absolute Gasteiger partial charge is 0.481 e. The van der Waals surface area contributed by atoms with Gasteiger partial charge in [-0.3, -0.25) is 4.79 Å². The van der Waals surface area contributed by atoms with Crippen molar-refractivity contribution in [2.24, 2.45) is 0 Å². The van der Waals surface area contributed by atoms with Crippen molar-refractivity contribution in [2.75, 3.05) is 23.5 Å². The van der Waals surface area contributed by atoms with Crippen LogP contribution in [0.3, 0.4) is 0 Å². The normalized spacial score (nSPS) is 21.9. The molecule has 8 heteroatoms. The van der Waals surface area contributed by atoms with E-state index in [1.165, 1.54) is 11.3 Å². The number of rotatable bonds is 4. The molecule has 1 aromatic rings. The fourth-order valence-electron chi connectivity index (χ4n) is 2.06. The standard InChI is InChI=1S/C12H18N2O4S2/c1-12(2,10(15)16)9-6-19-11(13-9)14(3)8-4-5-20(17,18)7-8/h6,8H,4-5,7H2,1-3H3,(H,15,16). The van der Waals surface area contributed by atoms with Crippen LogP contribution < -0.4 is 4.90 Å². The second-order valence-electron chi connectivity index (χ2n) is 5.61. The summed E-state index contributed by atoms with van der Waals surface area (Å²) in [4.78, 5) is 17.4. The SMILES string of the molecule is CN(c1nc(C(C)(C)C(=O)O)cs1)C1CCS(=O)(=O)C1. The molecule has 1 fully saturated rings. The topological polar surface area (TPSA) is 87.6 Å². The summed E-state index contributed by atoms with van der Waals surface area (Å²) in [7, 11) is -1.14. The zero-order valence-electron chi connectivity index (χ0n) is 11.7. The van der Waals surface area contributed by atoms with Gasteiger partial charge in [0, 0.05) is 18.5 Å². The number of thiazole rings is 1. The summed E-state index contributed by atoms with van der Waals surface area (Å²) in [6, 6.07) is -0.0769. The predicted octanol–water partition coefficient (Wildman–Crippen LogP) is 1.13. The molecule has 1 N–H and O–H groups in total. The smallest absolute Gasteiger partial charge is 0.315 e. The summed E-state index contributed by atoms with van der Waals surface area (Å²) in [6.07, 6.45) is 0.593. The van der Waals surface area contributed by atoms with Crippen molar-refractivity contribution >= 4 is 32.3 Å². The third kappa shape index (κ3) is 2.80. The molecule has 0 aromatic carbocycles. The van der Waals surface area contributed by atoms with Gasteiger partial charge >= 0.3 is 5.97 Å². The van der Waals surface area contributed by atoms with E-state index in [4.69, 9.17) is 0 Å². The Labute approximate surface area is 122 Å². The molecule has 1 aliphatic heterocycles. The highest BCUT2D eigenvalue weighted by Gasteiger charge is 2.35. The number of carbonyl (C=O) groups is 1. The lowest BCUT2D eigenvalue weighted by Gasteiger charge is -2.22. The first-order chi connectivity index (χ1) is 9.13. The molecule has 0 saturated carbocycles. The Balaban J connectivity index is 2.19. The Kier molecular flexibility index (Phi) is 3.81. The fraction of sp³-hybridized carbons (Fsp3) is 0.667. The number of hydrogen-bond acceptors (Lipinski definition) is 6. The van der Waals surface area contributed by atoms with Crippen molar-refractivity contribution in [1.82, 2.24) is 4.98 Å². The van der Waals surface area contributed by atoms with Crippen LogP contribution in [0.5, 0.6) is 0 Å². The molecule has 0 spiro atoms. The van der Waals surface area contributed by atoms with Crippen LogP contribution in [-0.2, 0) is 20.0 Å². The van der Waals surface area contributed by atoms with Gasteiger partial charge in [-0.25, -0.2) is 13.4 Å². The number of carboxylic acid groups (broad SMARTS) is 1. The molecule has 112 valence electrons. The molecule has 1 saturated heterocycles. The number of aliphatic carboxylic acids is 1. The Morgan fingerprint density at radius 2 is 2.20 bits per heavy atom. The first-order valence-corrected chi connectivity index (χ1v) is 8.96. The lowest BCUT2D eigenvalue weighted by molar-refractivity contribution is -0.142. The van der Waals surface area contributed by atoms with E-state index in [1.807, 2.05) is 11.9 Å². The summed E-state index contributed by atoms with van der Waals surface area (Å²) >= 11 is 1.35. The van der Waals surface area contributed by atoms with Gasteiger partial charge in [0.1, 0.15) is 5.41 Å². The average molecular weight is 318 g/mol. The molecule has 6 nitrogen and oxygen atoms in total. The molecule has 0 aliphatic carbocycles. The number of aromatic nitrogens is 1. The van der Waals surface area contributed by atoms with Crippen molar-refractivity contribution in [1.29, 1.82) is 0 Å². The minimum absolute atomic E-state index is 0.0769. The van der Waals surface area contributed by atoms with E-state index in [-0.39, 0.29) is 17.5 Å². The van der Waals surface area contributed by atoms with Gasteiger partial charge in [-0.2, -0.15) is 0 Å². The van der Waals surface area contributed by atoms with Gasteiger partial charge in [-0.05, 0) is 20.3 Å². The van der Waals surface area contributed by atoms with Crippen molar-refractivity contribution in [3.05, 3.63) is 11.1 Å². The number of nitrogens with zero attached hydrogens (tertiary/aromatic N) is 2.